The number of hydrogen-bond acceptors (Lipinski definition) is 2. The molecule has 0 radical (unpaired) electrons. The van der Waals surface area contributed by atoms with Gasteiger partial charge in [-0.2, -0.15) is 0 Å². The Kier molecular flexibility index (Phi) is 2.38. The van der Waals surface area contributed by atoms with E-state index >= 15 is 0 Å². The average molecular weight is 223 g/mol. The second kappa shape index (κ2) is 3.59. The van der Waals surface area contributed by atoms with Gasteiger partial charge in [-0.05, 0) is 24.1 Å². The minimum atomic E-state index is -1.24. The van der Waals surface area contributed by atoms with Gasteiger partial charge < -0.3 is 10.4 Å². The van der Waals surface area contributed by atoms with Crippen molar-refractivity contribution in [3.8, 4) is 0 Å². The van der Waals surface area contributed by atoms with Gasteiger partial charge >= 0.3 is 5.97 Å². The van der Waals surface area contributed by atoms with E-state index < -0.39 is 17.7 Å². The number of aromatic carboxylic acids is 1. The molecule has 2 N–H and O–H groups in total. The summed E-state index contributed by atoms with van der Waals surface area (Å²) >= 11 is 0. The molecule has 0 bridgehead atoms. The molecule has 1 unspecified atom stereocenters. The SMILES string of the molecule is CCC1C(=O)Nc2c(C(=O)O)cc(F)cc21. The van der Waals surface area contributed by atoms with Crippen LogP contribution in [0.15, 0.2) is 12.1 Å². The molecule has 2 rings (SSSR count). The smallest absolute Gasteiger partial charge is 0.337 e. The van der Waals surface area contributed by atoms with E-state index in [4.69, 9.17) is 5.11 Å². The van der Waals surface area contributed by atoms with Crippen molar-refractivity contribution >= 4 is 17.6 Å². The summed E-state index contributed by atoms with van der Waals surface area (Å²) in [4.78, 5) is 22.4. The monoisotopic (exact) mass is 223 g/mol. The Hall–Kier alpha value is -1.91. The number of amides is 1. The highest BCUT2D eigenvalue weighted by atomic mass is 19.1. The van der Waals surface area contributed by atoms with Crippen LogP contribution >= 0.6 is 0 Å². The maximum atomic E-state index is 13.2. The van der Waals surface area contributed by atoms with Gasteiger partial charge in [-0.25, -0.2) is 9.18 Å². The molecule has 1 atom stereocenters. The Balaban J connectivity index is 2.64. The highest BCUT2D eigenvalue weighted by molar-refractivity contribution is 6.08. The quantitative estimate of drug-likeness (QED) is 0.805. The number of benzene rings is 1. The van der Waals surface area contributed by atoms with Crippen molar-refractivity contribution in [1.82, 2.24) is 0 Å². The number of anilines is 1. The molecule has 84 valence electrons. The first-order valence-corrected chi connectivity index (χ1v) is 4.92. The molecular weight excluding hydrogens is 213 g/mol. The number of carbonyl (C=O) groups is 2. The van der Waals surface area contributed by atoms with E-state index in [2.05, 4.69) is 5.32 Å². The maximum Gasteiger partial charge on any atom is 0.337 e. The van der Waals surface area contributed by atoms with Crippen LogP contribution in [0, 0.1) is 5.82 Å². The van der Waals surface area contributed by atoms with Crippen LogP contribution in [0.3, 0.4) is 0 Å². The standard InChI is InChI=1S/C11H10FNO3/c1-2-6-7-3-5(12)4-8(11(15)16)9(7)13-10(6)14/h3-4,6H,2H2,1H3,(H,13,14)(H,15,16). The molecular formula is C11H10FNO3. The van der Waals surface area contributed by atoms with E-state index in [1.54, 1.807) is 6.92 Å². The van der Waals surface area contributed by atoms with Gasteiger partial charge in [0.25, 0.3) is 0 Å². The number of carboxylic acid groups (broad SMARTS) is 1. The van der Waals surface area contributed by atoms with E-state index in [1.807, 2.05) is 0 Å². The van der Waals surface area contributed by atoms with Crippen LogP contribution in [0.4, 0.5) is 10.1 Å². The van der Waals surface area contributed by atoms with Crippen molar-refractivity contribution < 1.29 is 19.1 Å². The molecule has 5 heteroatoms. The number of hydrogen-bond donors (Lipinski definition) is 2. The minimum absolute atomic E-state index is 0.195. The third kappa shape index (κ3) is 1.44. The third-order valence-electron chi connectivity index (χ3n) is 2.71. The van der Waals surface area contributed by atoms with Crippen molar-refractivity contribution in [3.63, 3.8) is 0 Å². The lowest BCUT2D eigenvalue weighted by Gasteiger charge is -2.06. The zero-order chi connectivity index (χ0) is 11.9. The normalized spacial score (nSPS) is 18.1. The van der Waals surface area contributed by atoms with Crippen LogP contribution < -0.4 is 5.32 Å². The van der Waals surface area contributed by atoms with E-state index in [1.165, 1.54) is 6.07 Å². The lowest BCUT2D eigenvalue weighted by molar-refractivity contribution is -0.117. The fraction of sp³-hybridized carbons (Fsp3) is 0.273. The lowest BCUT2D eigenvalue weighted by Crippen LogP contribution is -2.11. The molecule has 4 nitrogen and oxygen atoms in total. The summed E-state index contributed by atoms with van der Waals surface area (Å²) < 4.78 is 13.2. The van der Waals surface area contributed by atoms with Crippen molar-refractivity contribution in [2.75, 3.05) is 5.32 Å². The van der Waals surface area contributed by atoms with E-state index in [0.29, 0.717) is 12.0 Å². The van der Waals surface area contributed by atoms with Gasteiger partial charge in [-0.1, -0.05) is 6.92 Å². The Labute approximate surface area is 91.1 Å². The Bertz CT molecular complexity index is 484. The Morgan fingerprint density at radius 3 is 2.81 bits per heavy atom. The Morgan fingerprint density at radius 2 is 2.25 bits per heavy atom. The summed E-state index contributed by atoms with van der Waals surface area (Å²) in [5, 5.41) is 11.4. The second-order valence-electron chi connectivity index (χ2n) is 3.67. The molecule has 0 saturated heterocycles. The van der Waals surface area contributed by atoms with E-state index in [9.17, 15) is 14.0 Å². The fourth-order valence-corrected chi connectivity index (χ4v) is 1.97. The zero-order valence-corrected chi connectivity index (χ0v) is 8.58. The number of carboxylic acids is 1. The molecule has 0 saturated carbocycles. The molecule has 1 aromatic carbocycles. The zero-order valence-electron chi connectivity index (χ0n) is 8.58. The molecule has 1 aliphatic heterocycles. The van der Waals surface area contributed by atoms with E-state index in [0.717, 1.165) is 6.07 Å². The predicted molar refractivity (Wildman–Crippen MR) is 55.0 cm³/mol. The highest BCUT2D eigenvalue weighted by Gasteiger charge is 2.32. The van der Waals surface area contributed by atoms with Crippen molar-refractivity contribution in [2.45, 2.75) is 19.3 Å². The second-order valence-corrected chi connectivity index (χ2v) is 3.67. The fourth-order valence-electron chi connectivity index (χ4n) is 1.97. The van der Waals surface area contributed by atoms with Crippen molar-refractivity contribution in [1.29, 1.82) is 0 Å². The molecule has 1 amide bonds. The summed E-state index contributed by atoms with van der Waals surface area (Å²) in [7, 11) is 0. The summed E-state index contributed by atoms with van der Waals surface area (Å²) in [5.41, 5.74) is 0.468. The van der Waals surface area contributed by atoms with Gasteiger partial charge in [0.1, 0.15) is 5.82 Å². The number of rotatable bonds is 2. The van der Waals surface area contributed by atoms with Gasteiger partial charge in [0.05, 0.1) is 17.2 Å². The summed E-state index contributed by atoms with van der Waals surface area (Å²) in [5.74, 6) is -2.60. The van der Waals surface area contributed by atoms with Crippen LogP contribution in [-0.2, 0) is 4.79 Å². The predicted octanol–water partition coefficient (Wildman–Crippen LogP) is 1.97. The summed E-state index contributed by atoms with van der Waals surface area (Å²) in [6.07, 6.45) is 0.515. The molecule has 0 aliphatic carbocycles. The number of fused-ring (bicyclic) bond motifs is 1. The first-order valence-electron chi connectivity index (χ1n) is 4.92. The van der Waals surface area contributed by atoms with Crippen molar-refractivity contribution in [2.24, 2.45) is 0 Å². The molecule has 1 heterocycles. The van der Waals surface area contributed by atoms with Crippen LogP contribution in [0.1, 0.15) is 35.2 Å². The maximum absolute atomic E-state index is 13.2. The highest BCUT2D eigenvalue weighted by Crippen LogP contribution is 2.37. The third-order valence-corrected chi connectivity index (χ3v) is 2.71. The summed E-state index contributed by atoms with van der Waals surface area (Å²) in [6, 6.07) is 2.13. The molecule has 0 aromatic heterocycles. The van der Waals surface area contributed by atoms with Gasteiger partial charge in [-0.3, -0.25) is 4.79 Å². The van der Waals surface area contributed by atoms with Crippen LogP contribution in [0.5, 0.6) is 0 Å². The summed E-state index contributed by atoms with van der Waals surface area (Å²) in [6.45, 7) is 1.80. The molecule has 0 fully saturated rings. The Morgan fingerprint density at radius 1 is 1.56 bits per heavy atom. The van der Waals surface area contributed by atoms with Gasteiger partial charge in [0.2, 0.25) is 5.91 Å². The largest absolute Gasteiger partial charge is 0.478 e. The number of carbonyl (C=O) groups excluding carboxylic acids is 1. The molecule has 0 spiro atoms. The first kappa shape index (κ1) is 10.6. The minimum Gasteiger partial charge on any atom is -0.478 e. The molecule has 16 heavy (non-hydrogen) atoms. The van der Waals surface area contributed by atoms with E-state index in [-0.39, 0.29) is 17.2 Å². The lowest BCUT2D eigenvalue weighted by atomic mass is 9.96. The van der Waals surface area contributed by atoms with Crippen molar-refractivity contribution in [3.05, 3.63) is 29.1 Å². The molecule has 1 aromatic rings. The number of nitrogens with one attached hydrogen (secondary N) is 1. The van der Waals surface area contributed by atoms with Crippen LogP contribution in [0.2, 0.25) is 0 Å². The molecule has 1 aliphatic rings. The van der Waals surface area contributed by atoms with Gasteiger partial charge in [0, 0.05) is 0 Å². The van der Waals surface area contributed by atoms with Gasteiger partial charge in [0.15, 0.2) is 0 Å². The van der Waals surface area contributed by atoms with Gasteiger partial charge in [-0.15, -0.1) is 0 Å². The van der Waals surface area contributed by atoms with Crippen LogP contribution in [-0.4, -0.2) is 17.0 Å². The number of halogens is 1. The first-order chi connectivity index (χ1) is 7.54. The van der Waals surface area contributed by atoms with Crippen LogP contribution in [0.25, 0.3) is 0 Å². The topological polar surface area (TPSA) is 66.4 Å². The average Bonchev–Trinajstić information content (AvgIpc) is 2.52.